The van der Waals surface area contributed by atoms with Crippen LogP contribution in [-0.2, 0) is 13.0 Å². The second-order valence-electron chi connectivity index (χ2n) is 4.38. The average molecular weight is 235 g/mol. The number of aryl methyl sites for hydroxylation is 2. The van der Waals surface area contributed by atoms with Crippen LogP contribution in [0.1, 0.15) is 31.4 Å². The van der Waals surface area contributed by atoms with E-state index in [2.05, 4.69) is 33.5 Å². The van der Waals surface area contributed by atoms with Gasteiger partial charge >= 0.3 is 0 Å². The van der Waals surface area contributed by atoms with Crippen molar-refractivity contribution in [1.29, 1.82) is 0 Å². The normalized spacial score (nSPS) is 13.2. The zero-order valence-corrected chi connectivity index (χ0v) is 10.1. The summed E-state index contributed by atoms with van der Waals surface area (Å²) >= 11 is 0. The van der Waals surface area contributed by atoms with Gasteiger partial charge in [-0.1, -0.05) is 19.0 Å². The van der Waals surface area contributed by atoms with Crippen LogP contribution in [0.15, 0.2) is 23.4 Å². The van der Waals surface area contributed by atoms with Gasteiger partial charge in [0.1, 0.15) is 0 Å². The second kappa shape index (κ2) is 5.09. The van der Waals surface area contributed by atoms with Gasteiger partial charge in [0.2, 0.25) is 6.39 Å². The first-order chi connectivity index (χ1) is 8.18. The van der Waals surface area contributed by atoms with Crippen LogP contribution >= 0.6 is 0 Å². The highest BCUT2D eigenvalue weighted by Crippen LogP contribution is 2.18. The third-order valence-corrected chi connectivity index (χ3v) is 2.79. The molecule has 1 unspecified atom stereocenters. The highest BCUT2D eigenvalue weighted by molar-refractivity contribution is 5.05. The van der Waals surface area contributed by atoms with E-state index in [9.17, 15) is 0 Å². The van der Waals surface area contributed by atoms with Crippen LogP contribution in [0, 0.1) is 5.92 Å². The van der Waals surface area contributed by atoms with Gasteiger partial charge in [-0.25, -0.2) is 4.98 Å². The van der Waals surface area contributed by atoms with Crippen molar-refractivity contribution in [2.75, 3.05) is 0 Å². The van der Waals surface area contributed by atoms with E-state index < -0.39 is 0 Å². The van der Waals surface area contributed by atoms with Crippen LogP contribution in [0.25, 0.3) is 0 Å². The highest BCUT2D eigenvalue weighted by Gasteiger charge is 2.15. The molecule has 0 bridgehead atoms. The van der Waals surface area contributed by atoms with Crippen molar-refractivity contribution >= 4 is 0 Å². The second-order valence-corrected chi connectivity index (χ2v) is 4.38. The van der Waals surface area contributed by atoms with Gasteiger partial charge in [-0.05, 0) is 5.92 Å². The van der Waals surface area contributed by atoms with Crippen LogP contribution in [0.4, 0.5) is 0 Å². The molecule has 6 heteroatoms. The molecule has 0 aliphatic rings. The monoisotopic (exact) mass is 235 g/mol. The predicted molar refractivity (Wildman–Crippen MR) is 62.0 cm³/mol. The van der Waals surface area contributed by atoms with Crippen molar-refractivity contribution in [2.24, 2.45) is 11.7 Å². The predicted octanol–water partition coefficient (Wildman–Crippen LogP) is 1.16. The molecule has 17 heavy (non-hydrogen) atoms. The molecule has 1 atom stereocenters. The zero-order chi connectivity index (χ0) is 12.3. The van der Waals surface area contributed by atoms with Crippen LogP contribution in [0.2, 0.25) is 0 Å². The molecule has 92 valence electrons. The van der Waals surface area contributed by atoms with Crippen molar-refractivity contribution in [3.63, 3.8) is 0 Å². The highest BCUT2D eigenvalue weighted by atomic mass is 16.5. The number of rotatable bonds is 5. The van der Waals surface area contributed by atoms with E-state index in [4.69, 9.17) is 5.73 Å². The molecule has 2 N–H and O–H groups in total. The average Bonchev–Trinajstić information content (AvgIpc) is 2.96. The van der Waals surface area contributed by atoms with Crippen molar-refractivity contribution in [3.8, 4) is 0 Å². The van der Waals surface area contributed by atoms with E-state index in [-0.39, 0.29) is 6.04 Å². The molecule has 0 saturated heterocycles. The van der Waals surface area contributed by atoms with Crippen LogP contribution in [0.5, 0.6) is 0 Å². The maximum atomic E-state index is 6.12. The summed E-state index contributed by atoms with van der Waals surface area (Å²) in [5, 5.41) is 3.77. The lowest BCUT2D eigenvalue weighted by atomic mass is 10.0. The van der Waals surface area contributed by atoms with Gasteiger partial charge in [0, 0.05) is 25.2 Å². The Bertz CT molecular complexity index is 448. The van der Waals surface area contributed by atoms with E-state index >= 15 is 0 Å². The third-order valence-electron chi connectivity index (χ3n) is 2.79. The third kappa shape index (κ3) is 2.71. The summed E-state index contributed by atoms with van der Waals surface area (Å²) in [6, 6.07) is 0.00256. The van der Waals surface area contributed by atoms with Gasteiger partial charge in [-0.2, -0.15) is 4.98 Å². The van der Waals surface area contributed by atoms with E-state index in [0.29, 0.717) is 18.2 Å². The number of hydrogen-bond donors (Lipinski definition) is 1. The standard InChI is InChI=1S/C11H17N5O/c1-8(2)11(12)9-5-13-6-16(9)4-3-10-14-7-17-15-10/h5-8,11H,3-4,12H2,1-2H3. The number of aromatic nitrogens is 4. The molecule has 0 aliphatic carbocycles. The number of nitrogens with zero attached hydrogens (tertiary/aromatic N) is 4. The molecule has 0 radical (unpaired) electrons. The Morgan fingerprint density at radius 3 is 2.94 bits per heavy atom. The van der Waals surface area contributed by atoms with E-state index in [1.54, 1.807) is 6.33 Å². The molecule has 0 spiro atoms. The first kappa shape index (κ1) is 11.8. The molecule has 0 aliphatic heterocycles. The van der Waals surface area contributed by atoms with Crippen molar-refractivity contribution in [1.82, 2.24) is 19.7 Å². The van der Waals surface area contributed by atoms with Gasteiger partial charge < -0.3 is 14.8 Å². The molecule has 2 aromatic rings. The van der Waals surface area contributed by atoms with Gasteiger partial charge in [-0.3, -0.25) is 0 Å². The summed E-state index contributed by atoms with van der Waals surface area (Å²) in [6.07, 6.45) is 5.66. The Balaban J connectivity index is 2.04. The Kier molecular flexibility index (Phi) is 3.53. The quantitative estimate of drug-likeness (QED) is 0.841. The van der Waals surface area contributed by atoms with E-state index in [1.807, 2.05) is 10.8 Å². The molecule has 0 aromatic carbocycles. The molecule has 2 rings (SSSR count). The smallest absolute Gasteiger partial charge is 0.213 e. The minimum absolute atomic E-state index is 0.00256. The molecule has 2 aromatic heterocycles. The Morgan fingerprint density at radius 1 is 1.47 bits per heavy atom. The zero-order valence-electron chi connectivity index (χ0n) is 10.1. The maximum Gasteiger partial charge on any atom is 0.213 e. The van der Waals surface area contributed by atoms with Crippen molar-refractivity contribution < 1.29 is 4.52 Å². The molecule has 0 fully saturated rings. The molecular weight excluding hydrogens is 218 g/mol. The number of nitrogens with two attached hydrogens (primary N) is 1. The Hall–Kier alpha value is -1.69. The lowest BCUT2D eigenvalue weighted by Gasteiger charge is -2.17. The number of hydrogen-bond acceptors (Lipinski definition) is 5. The Morgan fingerprint density at radius 2 is 2.29 bits per heavy atom. The summed E-state index contributed by atoms with van der Waals surface area (Å²) in [5.41, 5.74) is 7.17. The summed E-state index contributed by atoms with van der Waals surface area (Å²) in [7, 11) is 0. The summed E-state index contributed by atoms with van der Waals surface area (Å²) in [4.78, 5) is 8.13. The molecule has 2 heterocycles. The number of imidazole rings is 1. The van der Waals surface area contributed by atoms with Crippen LogP contribution in [0.3, 0.4) is 0 Å². The summed E-state index contributed by atoms with van der Waals surface area (Å²) < 4.78 is 6.73. The molecule has 6 nitrogen and oxygen atoms in total. The fraction of sp³-hybridized carbons (Fsp3) is 0.545. The SMILES string of the molecule is CC(C)C(N)c1cncn1CCc1ncon1. The van der Waals surface area contributed by atoms with Crippen LogP contribution in [-0.4, -0.2) is 19.7 Å². The minimum Gasteiger partial charge on any atom is -0.343 e. The van der Waals surface area contributed by atoms with Gasteiger partial charge in [0.05, 0.1) is 12.0 Å². The van der Waals surface area contributed by atoms with E-state index in [1.165, 1.54) is 6.39 Å². The fourth-order valence-corrected chi connectivity index (χ4v) is 1.66. The maximum absolute atomic E-state index is 6.12. The molecular formula is C11H17N5O. The molecule has 0 amide bonds. The van der Waals surface area contributed by atoms with Crippen molar-refractivity contribution in [2.45, 2.75) is 32.9 Å². The van der Waals surface area contributed by atoms with Gasteiger partial charge in [-0.15, -0.1) is 0 Å². The first-order valence-electron chi connectivity index (χ1n) is 5.69. The van der Waals surface area contributed by atoms with Gasteiger partial charge in [0.25, 0.3) is 0 Å². The lowest BCUT2D eigenvalue weighted by molar-refractivity contribution is 0.407. The summed E-state index contributed by atoms with van der Waals surface area (Å²) in [5.74, 6) is 1.08. The molecule has 0 saturated carbocycles. The van der Waals surface area contributed by atoms with Crippen molar-refractivity contribution in [3.05, 3.63) is 30.4 Å². The largest absolute Gasteiger partial charge is 0.343 e. The van der Waals surface area contributed by atoms with Crippen LogP contribution < -0.4 is 5.73 Å². The van der Waals surface area contributed by atoms with Gasteiger partial charge in [0.15, 0.2) is 5.82 Å². The van der Waals surface area contributed by atoms with E-state index in [0.717, 1.165) is 12.2 Å². The minimum atomic E-state index is 0.00256. The summed E-state index contributed by atoms with van der Waals surface area (Å²) in [6.45, 7) is 4.96. The fourth-order valence-electron chi connectivity index (χ4n) is 1.66. The lowest BCUT2D eigenvalue weighted by Crippen LogP contribution is -2.20. The first-order valence-corrected chi connectivity index (χ1v) is 5.69. The Labute approximate surface area is 99.8 Å². The topological polar surface area (TPSA) is 82.8 Å².